The number of anilines is 3. The molecule has 0 spiro atoms. The number of hydrogen-bond donors (Lipinski definition) is 2. The van der Waals surface area contributed by atoms with Crippen molar-refractivity contribution in [1.29, 1.82) is 0 Å². The fourth-order valence-electron chi connectivity index (χ4n) is 4.68. The van der Waals surface area contributed by atoms with Crippen molar-refractivity contribution in [3.63, 3.8) is 0 Å². The van der Waals surface area contributed by atoms with Gasteiger partial charge in [0.1, 0.15) is 25.3 Å². The smallest absolute Gasteiger partial charge is 1.00 e. The minimum absolute atomic E-state index is 0. The molecule has 4 aromatic heterocycles. The van der Waals surface area contributed by atoms with E-state index in [0.29, 0.717) is 67.1 Å². The van der Waals surface area contributed by atoms with Crippen molar-refractivity contribution in [2.45, 2.75) is 13.8 Å². The van der Waals surface area contributed by atoms with E-state index in [1.807, 2.05) is 44.2 Å². The SMILES string of the molecule is CCOc1ncc(-c2ccc(N)c(P(C)(C)=O)c2)cn1.CCOc1ncc(-c2ccc(Nc3nc(Cl)ncc3Br)c(P(C)(C)=O)c2)cn1.Clc1ncc(Br)c(Cl)n1.O=CO[O-].[H-].[K+].[K+]. The molecule has 0 radical (unpaired) electrons. The first kappa shape index (κ1) is 60.0. The molecular weight excluding hydrogens is 1100 g/mol. The van der Waals surface area contributed by atoms with Crippen molar-refractivity contribution in [2.24, 2.45) is 0 Å². The molecule has 3 N–H and O–H groups in total. The first-order valence-electron chi connectivity index (χ1n) is 17.4. The fourth-order valence-corrected chi connectivity index (χ4v) is 7.90. The van der Waals surface area contributed by atoms with Crippen molar-refractivity contribution < 1.29 is 138 Å². The second-order valence-corrected chi connectivity index (χ2v) is 21.6. The molecule has 0 unspecified atom stereocenters. The third kappa shape index (κ3) is 20.4. The van der Waals surface area contributed by atoms with Crippen LogP contribution in [0.5, 0.6) is 12.0 Å². The molecule has 4 heterocycles. The first-order valence-corrected chi connectivity index (χ1v) is 25.3. The van der Waals surface area contributed by atoms with Crippen LogP contribution in [0.15, 0.2) is 82.5 Å². The van der Waals surface area contributed by atoms with E-state index in [9.17, 15) is 9.13 Å². The number of hydrogen-bond acceptors (Lipinski definition) is 17. The Bertz CT molecular complexity index is 2510. The van der Waals surface area contributed by atoms with Gasteiger partial charge in [-0.05, 0) is 131 Å². The van der Waals surface area contributed by atoms with Crippen LogP contribution >= 0.6 is 80.9 Å². The summed E-state index contributed by atoms with van der Waals surface area (Å²) in [5, 5.41) is 13.6. The molecule has 0 amide bonds. The second kappa shape index (κ2) is 29.7. The summed E-state index contributed by atoms with van der Waals surface area (Å²) in [6, 6.07) is 11.8. The third-order valence-electron chi connectivity index (χ3n) is 7.34. The molecule has 0 saturated heterocycles. The van der Waals surface area contributed by atoms with Gasteiger partial charge in [-0.2, -0.15) is 4.98 Å². The number of carbonyl (C=O) groups is 1. The van der Waals surface area contributed by atoms with Gasteiger partial charge in [-0.15, -0.1) is 0 Å². The van der Waals surface area contributed by atoms with Gasteiger partial charge >= 0.3 is 115 Å². The van der Waals surface area contributed by atoms with Crippen LogP contribution < -0.4 is 139 Å². The summed E-state index contributed by atoms with van der Waals surface area (Å²) in [5.74, 6) is 0.492. The monoisotopic (exact) mass is 1140 g/mol. The minimum atomic E-state index is -2.61. The molecule has 0 bridgehead atoms. The van der Waals surface area contributed by atoms with Crippen molar-refractivity contribution in [1.82, 2.24) is 39.9 Å². The molecule has 326 valence electrons. The standard InChI is InChI=1S/C18H18BrClN5O2P.C14H18N3O2P.C4HBrCl2N2.CH2O3.2K.H/c1-4-27-18-22-8-12(9-23-18)11-5-6-14(15(7-11)28(2,3)26)24-16-13(19)10-21-17(20)25-16;1-4-19-14-16-8-11(9-17-14)10-5-6-12(15)13(7-10)20(2,3)18;5-2-1-8-4(7)9-3(2)6;2-1-4-3;;;/h5-10H,4H2,1-3H3,(H,21,24,25);5-9H,4,15H2,1-3H3;1H;1,3H;;;/q;;;;2*+1;-1/p-1. The van der Waals surface area contributed by atoms with Gasteiger partial charge in [-0.3, -0.25) is 4.79 Å². The van der Waals surface area contributed by atoms with E-state index in [-0.39, 0.29) is 121 Å². The van der Waals surface area contributed by atoms with Crippen LogP contribution in [-0.4, -0.2) is 86.2 Å². The summed E-state index contributed by atoms with van der Waals surface area (Å²) >= 11 is 23.3. The molecule has 0 aliphatic carbocycles. The van der Waals surface area contributed by atoms with Gasteiger partial charge in [0.2, 0.25) is 10.6 Å². The molecule has 0 atom stereocenters. The molecular formula is C37H39Br2Cl3K2N10O7P2. The Balaban J connectivity index is 0.000000960. The Hall–Kier alpha value is -1.05. The van der Waals surface area contributed by atoms with E-state index < -0.39 is 14.3 Å². The Morgan fingerprint density at radius 1 is 0.698 bits per heavy atom. The number of nitrogens with zero attached hydrogens (tertiary/aromatic N) is 8. The predicted molar refractivity (Wildman–Crippen MR) is 246 cm³/mol. The number of rotatable bonds is 11. The predicted octanol–water partition coefficient (Wildman–Crippen LogP) is 2.21. The van der Waals surface area contributed by atoms with Crippen molar-refractivity contribution in [3.8, 4) is 34.3 Å². The molecule has 26 heteroatoms. The number of halogens is 5. The normalized spacial score (nSPS) is 10.3. The molecule has 17 nitrogen and oxygen atoms in total. The summed E-state index contributed by atoms with van der Waals surface area (Å²) < 4.78 is 36.9. The maximum absolute atomic E-state index is 12.9. The van der Waals surface area contributed by atoms with Crippen molar-refractivity contribution in [2.75, 3.05) is 50.9 Å². The maximum atomic E-state index is 12.9. The van der Waals surface area contributed by atoms with Crippen molar-refractivity contribution >= 4 is 115 Å². The van der Waals surface area contributed by atoms with Crippen LogP contribution in [-0.2, 0) is 18.8 Å². The summed E-state index contributed by atoms with van der Waals surface area (Å²) in [6.07, 6.45) is 9.79. The van der Waals surface area contributed by atoms with Gasteiger partial charge < -0.3 is 41.2 Å². The van der Waals surface area contributed by atoms with E-state index in [0.717, 1.165) is 22.3 Å². The van der Waals surface area contributed by atoms with Crippen LogP contribution in [0.2, 0.25) is 15.7 Å². The zero-order valence-corrected chi connectivity index (χ0v) is 48.7. The molecule has 63 heavy (non-hydrogen) atoms. The van der Waals surface area contributed by atoms with E-state index in [4.69, 9.17) is 60.1 Å². The average Bonchev–Trinajstić information content (AvgIpc) is 3.22. The topological polar surface area (TPSA) is 243 Å². The minimum Gasteiger partial charge on any atom is -1.00 e. The molecule has 6 aromatic rings. The number of nitrogens with two attached hydrogens (primary N) is 1. The largest absolute Gasteiger partial charge is 1.00 e. The second-order valence-electron chi connectivity index (χ2n) is 12.5. The molecule has 6 rings (SSSR count). The van der Waals surface area contributed by atoms with Crippen LogP contribution in [0, 0.1) is 0 Å². The number of ether oxygens (including phenoxy) is 2. The Morgan fingerprint density at radius 3 is 1.54 bits per heavy atom. The molecule has 0 aliphatic heterocycles. The van der Waals surface area contributed by atoms with Gasteiger partial charge in [0, 0.05) is 64.6 Å². The zero-order chi connectivity index (χ0) is 45.3. The van der Waals surface area contributed by atoms with Crippen LogP contribution in [0.1, 0.15) is 15.3 Å². The summed E-state index contributed by atoms with van der Waals surface area (Å²) in [4.78, 5) is 43.3. The molecule has 0 fully saturated rings. The van der Waals surface area contributed by atoms with E-state index in [1.165, 1.54) is 6.20 Å². The number of aromatic nitrogens is 8. The summed E-state index contributed by atoms with van der Waals surface area (Å²) in [6.45, 7) is 11.4. The van der Waals surface area contributed by atoms with Crippen LogP contribution in [0.4, 0.5) is 17.2 Å². The van der Waals surface area contributed by atoms with Gasteiger partial charge in [-0.25, -0.2) is 34.9 Å². The van der Waals surface area contributed by atoms with Gasteiger partial charge in [0.05, 0.1) is 27.8 Å². The van der Waals surface area contributed by atoms with Gasteiger partial charge in [0.15, 0.2) is 0 Å². The third-order valence-corrected chi connectivity index (χ3v) is 12.5. The number of benzene rings is 2. The summed E-state index contributed by atoms with van der Waals surface area (Å²) in [5.41, 5.74) is 10.5. The quantitative estimate of drug-likeness (QED) is 0.0276. The Kier molecular flexibility index (Phi) is 28.2. The molecule has 2 aromatic carbocycles. The van der Waals surface area contributed by atoms with Gasteiger partial charge in [-0.1, -0.05) is 23.7 Å². The Labute approximate surface area is 482 Å². The van der Waals surface area contributed by atoms with E-state index in [1.54, 1.807) is 63.7 Å². The van der Waals surface area contributed by atoms with Crippen LogP contribution in [0.25, 0.3) is 22.3 Å². The van der Waals surface area contributed by atoms with E-state index in [2.05, 4.69) is 81.9 Å². The number of nitrogens with one attached hydrogen (secondary N) is 1. The zero-order valence-electron chi connectivity index (χ0n) is 36.2. The fraction of sp³-hybridized carbons (Fsp3) is 0.216. The molecule has 0 aliphatic rings. The number of nitrogen functional groups attached to an aromatic ring is 1. The number of carbonyl (C=O) groups excluding carboxylic acids is 1. The molecule has 0 saturated carbocycles. The van der Waals surface area contributed by atoms with Crippen LogP contribution in [0.3, 0.4) is 0 Å². The maximum Gasteiger partial charge on any atom is 1.00 e. The van der Waals surface area contributed by atoms with Crippen molar-refractivity contribution in [3.05, 3.63) is 98.2 Å². The van der Waals surface area contributed by atoms with E-state index >= 15 is 0 Å². The Morgan fingerprint density at radius 2 is 1.13 bits per heavy atom. The summed E-state index contributed by atoms with van der Waals surface area (Å²) in [7, 11) is -5.02. The first-order chi connectivity index (χ1) is 28.8. The van der Waals surface area contributed by atoms with Gasteiger partial charge in [0.25, 0.3) is 6.47 Å². The average molecular weight is 1140 g/mol.